The number of ether oxygens (including phenoxy) is 3. The summed E-state index contributed by atoms with van der Waals surface area (Å²) in [6.45, 7) is 4.94. The van der Waals surface area contributed by atoms with Gasteiger partial charge in [-0.15, -0.1) is 0 Å². The number of aromatic nitrogens is 1. The second-order valence-corrected chi connectivity index (χ2v) is 9.95. The van der Waals surface area contributed by atoms with Crippen molar-refractivity contribution in [3.8, 4) is 17.0 Å². The molecule has 0 radical (unpaired) electrons. The number of aliphatic hydroxyl groups is 1. The van der Waals surface area contributed by atoms with E-state index >= 15 is 0 Å². The predicted molar refractivity (Wildman–Crippen MR) is 140 cm³/mol. The average molecular weight is 553 g/mol. The summed E-state index contributed by atoms with van der Waals surface area (Å²) in [5.74, 6) is 0.458. The number of hydrogen-bond acceptors (Lipinski definition) is 7. The molecule has 1 aromatic heterocycles. The highest BCUT2D eigenvalue weighted by Crippen LogP contribution is 2.33. The predicted octanol–water partition coefficient (Wildman–Crippen LogP) is 4.09. The SMILES string of the molecule is COCC(O)COc1cc(-c2cc(NC(=O)N3CC[C@H](CC(F)(F)F)C3)ccc2C)cc(N2CCOCC2)n1. The number of urea groups is 1. The van der Waals surface area contributed by atoms with Crippen LogP contribution in [0.15, 0.2) is 30.3 Å². The van der Waals surface area contributed by atoms with Crippen molar-refractivity contribution in [2.75, 3.05) is 69.9 Å². The van der Waals surface area contributed by atoms with Crippen LogP contribution in [0.3, 0.4) is 0 Å². The summed E-state index contributed by atoms with van der Waals surface area (Å²) in [6, 6.07) is 8.77. The van der Waals surface area contributed by atoms with Crippen molar-refractivity contribution >= 4 is 17.5 Å². The van der Waals surface area contributed by atoms with Crippen molar-refractivity contribution in [3.05, 3.63) is 35.9 Å². The zero-order valence-corrected chi connectivity index (χ0v) is 22.2. The second kappa shape index (κ2) is 12.8. The molecule has 2 aliphatic rings. The van der Waals surface area contributed by atoms with Crippen molar-refractivity contribution in [2.24, 2.45) is 5.92 Å². The van der Waals surface area contributed by atoms with Crippen LogP contribution in [0, 0.1) is 12.8 Å². The van der Waals surface area contributed by atoms with Crippen LogP contribution >= 0.6 is 0 Å². The number of nitrogens with one attached hydrogen (secondary N) is 1. The van der Waals surface area contributed by atoms with Gasteiger partial charge in [-0.2, -0.15) is 18.2 Å². The molecule has 4 rings (SSSR count). The monoisotopic (exact) mass is 552 g/mol. The number of anilines is 2. The zero-order chi connectivity index (χ0) is 28.0. The number of alkyl halides is 3. The summed E-state index contributed by atoms with van der Waals surface area (Å²) in [4.78, 5) is 21.0. The van der Waals surface area contributed by atoms with E-state index in [0.29, 0.717) is 50.1 Å². The summed E-state index contributed by atoms with van der Waals surface area (Å²) in [6.07, 6.45) is -5.60. The molecule has 2 aliphatic heterocycles. The molecule has 2 aromatic rings. The Hall–Kier alpha value is -3.09. The van der Waals surface area contributed by atoms with E-state index in [2.05, 4.69) is 15.2 Å². The number of aryl methyl sites for hydroxylation is 1. The fourth-order valence-electron chi connectivity index (χ4n) is 4.82. The molecule has 12 heteroatoms. The number of carbonyl (C=O) groups excluding carboxylic acids is 1. The van der Waals surface area contributed by atoms with Crippen molar-refractivity contribution in [1.82, 2.24) is 9.88 Å². The van der Waals surface area contributed by atoms with Gasteiger partial charge in [-0.3, -0.25) is 0 Å². The first-order valence-electron chi connectivity index (χ1n) is 13.0. The Morgan fingerprint density at radius 3 is 2.69 bits per heavy atom. The number of hydrogen-bond donors (Lipinski definition) is 2. The van der Waals surface area contributed by atoms with E-state index < -0.39 is 30.7 Å². The molecule has 39 heavy (non-hydrogen) atoms. The van der Waals surface area contributed by atoms with Crippen molar-refractivity contribution in [3.63, 3.8) is 0 Å². The smallest absolute Gasteiger partial charge is 0.389 e. The zero-order valence-electron chi connectivity index (χ0n) is 22.2. The molecule has 2 atom stereocenters. The number of nitrogens with zero attached hydrogens (tertiary/aromatic N) is 3. The summed E-state index contributed by atoms with van der Waals surface area (Å²) < 4.78 is 54.5. The first kappa shape index (κ1) is 28.9. The highest BCUT2D eigenvalue weighted by atomic mass is 19.4. The lowest BCUT2D eigenvalue weighted by Crippen LogP contribution is -2.36. The van der Waals surface area contributed by atoms with E-state index in [0.717, 1.165) is 16.7 Å². The Bertz CT molecular complexity index is 1130. The highest BCUT2D eigenvalue weighted by molar-refractivity contribution is 5.90. The van der Waals surface area contributed by atoms with Gasteiger partial charge in [0.25, 0.3) is 0 Å². The van der Waals surface area contributed by atoms with Gasteiger partial charge in [0, 0.05) is 51.5 Å². The van der Waals surface area contributed by atoms with Gasteiger partial charge in [-0.05, 0) is 54.2 Å². The normalized spacial score (nSPS) is 18.8. The molecule has 9 nitrogen and oxygen atoms in total. The summed E-state index contributed by atoms with van der Waals surface area (Å²) >= 11 is 0. The van der Waals surface area contributed by atoms with Crippen molar-refractivity contribution < 1.29 is 37.3 Å². The number of likely N-dealkylation sites (tertiary alicyclic amines) is 1. The average Bonchev–Trinajstić information content (AvgIpc) is 3.36. The van der Waals surface area contributed by atoms with Crippen LogP contribution in [0.25, 0.3) is 11.1 Å². The lowest BCUT2D eigenvalue weighted by atomic mass is 10.0. The molecule has 1 unspecified atom stereocenters. The molecule has 2 saturated heterocycles. The highest BCUT2D eigenvalue weighted by Gasteiger charge is 2.36. The summed E-state index contributed by atoms with van der Waals surface area (Å²) in [5.41, 5.74) is 3.12. The molecule has 1 aromatic carbocycles. The maximum Gasteiger partial charge on any atom is 0.389 e. The van der Waals surface area contributed by atoms with Gasteiger partial charge in [0.05, 0.1) is 19.8 Å². The first-order chi connectivity index (χ1) is 18.6. The fourth-order valence-corrected chi connectivity index (χ4v) is 4.82. The van der Waals surface area contributed by atoms with Crippen LogP contribution in [0.1, 0.15) is 18.4 Å². The molecule has 2 fully saturated rings. The summed E-state index contributed by atoms with van der Waals surface area (Å²) in [5, 5.41) is 12.9. The van der Waals surface area contributed by atoms with Crippen molar-refractivity contribution in [1.29, 1.82) is 0 Å². The number of morpholine rings is 1. The second-order valence-electron chi connectivity index (χ2n) is 9.95. The third-order valence-corrected chi connectivity index (χ3v) is 6.80. The van der Waals surface area contributed by atoms with Crippen LogP contribution in [0.4, 0.5) is 29.5 Å². The van der Waals surface area contributed by atoms with Gasteiger partial charge < -0.3 is 34.4 Å². The van der Waals surface area contributed by atoms with Gasteiger partial charge in [0.15, 0.2) is 0 Å². The van der Waals surface area contributed by atoms with Crippen LogP contribution in [0.2, 0.25) is 0 Å². The minimum Gasteiger partial charge on any atom is -0.475 e. The van der Waals surface area contributed by atoms with E-state index in [1.165, 1.54) is 12.0 Å². The molecule has 0 bridgehead atoms. The Morgan fingerprint density at radius 2 is 1.97 bits per heavy atom. The molecule has 2 N–H and O–H groups in total. The van der Waals surface area contributed by atoms with Crippen LogP contribution in [-0.4, -0.2) is 93.0 Å². The Kier molecular flexibility index (Phi) is 9.52. The lowest BCUT2D eigenvalue weighted by molar-refractivity contribution is -0.143. The van der Waals surface area contributed by atoms with E-state index in [9.17, 15) is 23.1 Å². The number of halogens is 3. The van der Waals surface area contributed by atoms with E-state index in [-0.39, 0.29) is 26.3 Å². The molecule has 0 saturated carbocycles. The third-order valence-electron chi connectivity index (χ3n) is 6.80. The minimum atomic E-state index is -4.24. The quantitative estimate of drug-likeness (QED) is 0.484. The minimum absolute atomic E-state index is 0.00703. The number of benzene rings is 1. The first-order valence-corrected chi connectivity index (χ1v) is 13.0. The molecular weight excluding hydrogens is 517 g/mol. The molecule has 0 spiro atoms. The molecule has 214 valence electrons. The Morgan fingerprint density at radius 1 is 1.21 bits per heavy atom. The third kappa shape index (κ3) is 8.20. The maximum atomic E-state index is 12.8. The lowest BCUT2D eigenvalue weighted by Gasteiger charge is -2.28. The molecular formula is C27H35F3N4O5. The number of pyridine rings is 1. The van der Waals surface area contributed by atoms with Crippen LogP contribution in [0.5, 0.6) is 5.88 Å². The standard InChI is InChI=1S/C27H35F3N4O5/c1-18-3-4-21(31-26(36)34-6-5-19(15-34)14-27(28,29)30)13-23(18)20-11-24(33-7-9-38-10-8-33)32-25(12-20)39-17-22(35)16-37-2/h3-4,11-13,19,22,35H,5-10,14-17H2,1-2H3,(H,31,36)/t19-,22?/m1/s1. The number of carbonyl (C=O) groups is 1. The number of amides is 2. The van der Waals surface area contributed by atoms with E-state index in [1.54, 1.807) is 12.1 Å². The summed E-state index contributed by atoms with van der Waals surface area (Å²) in [7, 11) is 1.50. The Balaban J connectivity index is 1.54. The maximum absolute atomic E-state index is 12.8. The Labute approximate surface area is 225 Å². The fraction of sp³-hybridized carbons (Fsp3) is 0.556. The topological polar surface area (TPSA) is 96.4 Å². The molecule has 0 aliphatic carbocycles. The van der Waals surface area contributed by atoms with E-state index in [1.807, 2.05) is 25.1 Å². The molecule has 3 heterocycles. The van der Waals surface area contributed by atoms with E-state index in [4.69, 9.17) is 14.2 Å². The van der Waals surface area contributed by atoms with Gasteiger partial charge in [-0.25, -0.2) is 4.79 Å². The van der Waals surface area contributed by atoms with Crippen LogP contribution < -0.4 is 15.0 Å². The largest absolute Gasteiger partial charge is 0.475 e. The number of aliphatic hydroxyl groups excluding tert-OH is 1. The van der Waals surface area contributed by atoms with Crippen LogP contribution in [-0.2, 0) is 9.47 Å². The van der Waals surface area contributed by atoms with Gasteiger partial charge in [-0.1, -0.05) is 6.07 Å². The van der Waals surface area contributed by atoms with Crippen molar-refractivity contribution in [2.45, 2.75) is 32.0 Å². The van der Waals surface area contributed by atoms with Gasteiger partial charge >= 0.3 is 12.2 Å². The van der Waals surface area contributed by atoms with Gasteiger partial charge in [0.2, 0.25) is 5.88 Å². The number of methoxy groups -OCH3 is 1. The van der Waals surface area contributed by atoms with Gasteiger partial charge in [0.1, 0.15) is 18.5 Å². The number of rotatable bonds is 9. The molecule has 2 amide bonds.